The third-order valence-corrected chi connectivity index (χ3v) is 3.37. The summed E-state index contributed by atoms with van der Waals surface area (Å²) in [5, 5.41) is 4.72. The zero-order valence-corrected chi connectivity index (χ0v) is 8.34. The Morgan fingerprint density at radius 1 is 0.929 bits per heavy atom. The van der Waals surface area contributed by atoms with Gasteiger partial charge in [0, 0.05) is 10.1 Å². The van der Waals surface area contributed by atoms with Crippen molar-refractivity contribution in [3.05, 3.63) is 42.5 Å². The minimum atomic E-state index is 0.886. The van der Waals surface area contributed by atoms with E-state index in [1.54, 1.807) is 11.3 Å². The second kappa shape index (κ2) is 2.72. The van der Waals surface area contributed by atoms with Gasteiger partial charge in [-0.15, -0.1) is 11.3 Å². The van der Waals surface area contributed by atoms with Crippen LogP contribution in [0.4, 0.5) is 5.00 Å². The fraction of sp³-hybridized carbons (Fsp3) is 0. The van der Waals surface area contributed by atoms with Crippen molar-refractivity contribution < 1.29 is 0 Å². The zero-order chi connectivity index (χ0) is 9.54. The molecule has 0 unspecified atom stereocenters. The molecule has 0 fully saturated rings. The molecule has 0 aliphatic rings. The largest absolute Gasteiger partial charge is 0.391 e. The van der Waals surface area contributed by atoms with E-state index in [0.717, 1.165) is 5.00 Å². The van der Waals surface area contributed by atoms with Gasteiger partial charge in [0.15, 0.2) is 0 Å². The molecular weight excluding hydrogens is 190 g/mol. The molecule has 0 radical (unpaired) electrons. The van der Waals surface area contributed by atoms with Crippen LogP contribution < -0.4 is 5.73 Å². The maximum Gasteiger partial charge on any atom is 0.0869 e. The molecule has 0 spiro atoms. The van der Waals surface area contributed by atoms with E-state index in [4.69, 9.17) is 5.73 Å². The summed E-state index contributed by atoms with van der Waals surface area (Å²) in [4.78, 5) is 0. The van der Waals surface area contributed by atoms with Crippen LogP contribution in [0.25, 0.3) is 20.9 Å². The number of fused-ring (bicyclic) bond motifs is 3. The number of rotatable bonds is 0. The predicted molar refractivity (Wildman–Crippen MR) is 63.7 cm³/mol. The van der Waals surface area contributed by atoms with Gasteiger partial charge in [-0.1, -0.05) is 30.3 Å². The van der Waals surface area contributed by atoms with Crippen LogP contribution in [0.5, 0.6) is 0 Å². The Bertz CT molecular complexity index is 610. The average molecular weight is 199 g/mol. The second-order valence-electron chi connectivity index (χ2n) is 3.35. The minimum absolute atomic E-state index is 0.886. The van der Waals surface area contributed by atoms with Crippen LogP contribution >= 0.6 is 11.3 Å². The summed E-state index contributed by atoms with van der Waals surface area (Å²) in [6.07, 6.45) is 0. The normalized spacial score (nSPS) is 11.1. The number of benzene rings is 2. The van der Waals surface area contributed by atoms with E-state index in [1.165, 1.54) is 20.9 Å². The van der Waals surface area contributed by atoms with E-state index in [0.29, 0.717) is 0 Å². The van der Waals surface area contributed by atoms with Gasteiger partial charge in [-0.2, -0.15) is 0 Å². The van der Waals surface area contributed by atoms with Gasteiger partial charge in [0.25, 0.3) is 0 Å². The lowest BCUT2D eigenvalue weighted by Crippen LogP contribution is -1.73. The van der Waals surface area contributed by atoms with Crippen molar-refractivity contribution in [3.63, 3.8) is 0 Å². The van der Waals surface area contributed by atoms with Crippen molar-refractivity contribution in [3.8, 4) is 0 Å². The van der Waals surface area contributed by atoms with Gasteiger partial charge in [0.05, 0.1) is 5.00 Å². The predicted octanol–water partition coefficient (Wildman–Crippen LogP) is 3.64. The first-order valence-corrected chi connectivity index (χ1v) is 5.33. The zero-order valence-electron chi connectivity index (χ0n) is 7.53. The monoisotopic (exact) mass is 199 g/mol. The molecule has 1 heterocycles. The molecule has 2 aromatic carbocycles. The minimum Gasteiger partial charge on any atom is -0.391 e. The van der Waals surface area contributed by atoms with Gasteiger partial charge in [-0.3, -0.25) is 0 Å². The SMILES string of the molecule is Nc1cc2c(ccc3ccccc32)s1. The van der Waals surface area contributed by atoms with E-state index < -0.39 is 0 Å². The van der Waals surface area contributed by atoms with Gasteiger partial charge in [-0.05, 0) is 22.9 Å². The molecule has 0 amide bonds. The third-order valence-electron chi connectivity index (χ3n) is 2.45. The maximum atomic E-state index is 5.80. The molecule has 0 bridgehead atoms. The van der Waals surface area contributed by atoms with Crippen LogP contribution in [0.2, 0.25) is 0 Å². The highest BCUT2D eigenvalue weighted by Gasteiger charge is 2.02. The summed E-state index contributed by atoms with van der Waals surface area (Å²) in [7, 11) is 0. The smallest absolute Gasteiger partial charge is 0.0869 e. The fourth-order valence-electron chi connectivity index (χ4n) is 1.81. The van der Waals surface area contributed by atoms with Crippen LogP contribution in [0.3, 0.4) is 0 Å². The summed E-state index contributed by atoms with van der Waals surface area (Å²) in [6, 6.07) is 14.7. The Labute approximate surface area is 85.8 Å². The van der Waals surface area contributed by atoms with Crippen LogP contribution in [0.1, 0.15) is 0 Å². The Balaban J connectivity index is 2.60. The molecule has 0 atom stereocenters. The summed E-state index contributed by atoms with van der Waals surface area (Å²) in [5.74, 6) is 0. The van der Waals surface area contributed by atoms with E-state index in [1.807, 2.05) is 0 Å². The van der Waals surface area contributed by atoms with Crippen molar-refractivity contribution in [2.24, 2.45) is 0 Å². The number of thiophene rings is 1. The number of hydrogen-bond donors (Lipinski definition) is 1. The molecule has 3 rings (SSSR count). The van der Waals surface area contributed by atoms with Crippen molar-refractivity contribution >= 4 is 37.2 Å². The van der Waals surface area contributed by atoms with Gasteiger partial charge in [0.2, 0.25) is 0 Å². The molecule has 14 heavy (non-hydrogen) atoms. The Morgan fingerprint density at radius 2 is 1.79 bits per heavy atom. The topological polar surface area (TPSA) is 26.0 Å². The van der Waals surface area contributed by atoms with E-state index in [9.17, 15) is 0 Å². The quantitative estimate of drug-likeness (QED) is 0.587. The molecule has 1 nitrogen and oxygen atoms in total. The number of nitrogen functional groups attached to an aromatic ring is 1. The van der Waals surface area contributed by atoms with Crippen LogP contribution in [-0.2, 0) is 0 Å². The maximum absolute atomic E-state index is 5.80. The summed E-state index contributed by atoms with van der Waals surface area (Å²) in [5.41, 5.74) is 5.80. The molecule has 0 aliphatic heterocycles. The molecule has 3 aromatic rings. The summed E-state index contributed by atoms with van der Waals surface area (Å²) >= 11 is 1.64. The van der Waals surface area contributed by atoms with Gasteiger partial charge < -0.3 is 5.73 Å². The first-order chi connectivity index (χ1) is 6.84. The van der Waals surface area contributed by atoms with Gasteiger partial charge in [-0.25, -0.2) is 0 Å². The second-order valence-corrected chi connectivity index (χ2v) is 4.46. The fourth-order valence-corrected chi connectivity index (χ4v) is 2.66. The highest BCUT2D eigenvalue weighted by Crippen LogP contribution is 2.32. The molecule has 0 aliphatic carbocycles. The number of nitrogens with two attached hydrogens (primary N) is 1. The van der Waals surface area contributed by atoms with Crippen molar-refractivity contribution in [1.29, 1.82) is 0 Å². The highest BCUT2D eigenvalue weighted by atomic mass is 32.1. The molecule has 0 saturated heterocycles. The van der Waals surface area contributed by atoms with Crippen molar-refractivity contribution in [2.45, 2.75) is 0 Å². The molecule has 68 valence electrons. The number of anilines is 1. The van der Waals surface area contributed by atoms with Crippen molar-refractivity contribution in [2.75, 3.05) is 5.73 Å². The van der Waals surface area contributed by atoms with Crippen LogP contribution in [0.15, 0.2) is 42.5 Å². The number of hydrogen-bond acceptors (Lipinski definition) is 2. The van der Waals surface area contributed by atoms with Gasteiger partial charge >= 0.3 is 0 Å². The van der Waals surface area contributed by atoms with E-state index in [-0.39, 0.29) is 0 Å². The molecule has 2 N–H and O–H groups in total. The lowest BCUT2D eigenvalue weighted by atomic mass is 10.1. The van der Waals surface area contributed by atoms with Gasteiger partial charge in [0.1, 0.15) is 0 Å². The lowest BCUT2D eigenvalue weighted by molar-refractivity contribution is 1.81. The highest BCUT2D eigenvalue weighted by molar-refractivity contribution is 7.22. The van der Waals surface area contributed by atoms with E-state index in [2.05, 4.69) is 42.5 Å². The first-order valence-electron chi connectivity index (χ1n) is 4.51. The Hall–Kier alpha value is -1.54. The standard InChI is InChI=1S/C12H9NS/c13-12-7-10-9-4-2-1-3-8(9)5-6-11(10)14-12/h1-7H,13H2. The van der Waals surface area contributed by atoms with Crippen LogP contribution in [0, 0.1) is 0 Å². The Kier molecular flexibility index (Phi) is 1.52. The third kappa shape index (κ3) is 1.01. The molecular formula is C12H9NS. The lowest BCUT2D eigenvalue weighted by Gasteiger charge is -1.97. The molecule has 0 saturated carbocycles. The first kappa shape index (κ1) is 7.83. The Morgan fingerprint density at radius 3 is 2.71 bits per heavy atom. The molecule has 1 aromatic heterocycles. The summed E-state index contributed by atoms with van der Waals surface area (Å²) in [6.45, 7) is 0. The summed E-state index contributed by atoms with van der Waals surface area (Å²) < 4.78 is 1.27. The molecule has 2 heteroatoms. The van der Waals surface area contributed by atoms with E-state index >= 15 is 0 Å². The average Bonchev–Trinajstić information content (AvgIpc) is 2.59. The van der Waals surface area contributed by atoms with Crippen molar-refractivity contribution in [1.82, 2.24) is 0 Å². The van der Waals surface area contributed by atoms with Crippen LogP contribution in [-0.4, -0.2) is 0 Å².